The van der Waals surface area contributed by atoms with Crippen molar-refractivity contribution in [3.63, 3.8) is 0 Å². The summed E-state index contributed by atoms with van der Waals surface area (Å²) in [5.74, 6) is 3.44. The second-order valence-corrected chi connectivity index (χ2v) is 6.98. The third kappa shape index (κ3) is 4.18. The van der Waals surface area contributed by atoms with Crippen molar-refractivity contribution < 1.29 is 0 Å². The SMILES string of the molecule is Cc1ccc(CC(N)CC2CCSCC2)c(Cl)c1. The fourth-order valence-electron chi connectivity index (χ4n) is 2.59. The van der Waals surface area contributed by atoms with Crippen molar-refractivity contribution in [2.24, 2.45) is 11.7 Å². The van der Waals surface area contributed by atoms with E-state index in [0.717, 1.165) is 23.8 Å². The molecule has 1 atom stereocenters. The number of benzene rings is 1. The number of hydrogen-bond acceptors (Lipinski definition) is 2. The maximum absolute atomic E-state index is 6.28. The highest BCUT2D eigenvalue weighted by Crippen LogP contribution is 2.27. The molecule has 0 amide bonds. The second kappa shape index (κ2) is 6.83. The van der Waals surface area contributed by atoms with E-state index in [0.29, 0.717) is 0 Å². The van der Waals surface area contributed by atoms with Crippen LogP contribution in [0.3, 0.4) is 0 Å². The number of aryl methyl sites for hydroxylation is 1. The van der Waals surface area contributed by atoms with Crippen LogP contribution in [0.2, 0.25) is 5.02 Å². The highest BCUT2D eigenvalue weighted by molar-refractivity contribution is 7.99. The van der Waals surface area contributed by atoms with Crippen molar-refractivity contribution in [3.8, 4) is 0 Å². The molecule has 1 unspecified atom stereocenters. The molecule has 0 saturated carbocycles. The van der Waals surface area contributed by atoms with Crippen LogP contribution in [-0.2, 0) is 6.42 Å². The summed E-state index contributed by atoms with van der Waals surface area (Å²) in [7, 11) is 0. The van der Waals surface area contributed by atoms with Gasteiger partial charge in [0, 0.05) is 11.1 Å². The molecule has 1 saturated heterocycles. The van der Waals surface area contributed by atoms with Gasteiger partial charge in [0.2, 0.25) is 0 Å². The number of halogens is 1. The largest absolute Gasteiger partial charge is 0.327 e. The normalized spacial score (nSPS) is 18.8. The van der Waals surface area contributed by atoms with Gasteiger partial charge in [0.1, 0.15) is 0 Å². The van der Waals surface area contributed by atoms with Gasteiger partial charge in [-0.2, -0.15) is 11.8 Å². The minimum absolute atomic E-state index is 0.248. The van der Waals surface area contributed by atoms with Crippen LogP contribution in [0.5, 0.6) is 0 Å². The Morgan fingerprint density at radius 2 is 2.11 bits per heavy atom. The third-order valence-electron chi connectivity index (χ3n) is 3.67. The Labute approximate surface area is 119 Å². The molecular formula is C15H22ClNS. The summed E-state index contributed by atoms with van der Waals surface area (Å²) in [5, 5.41) is 0.865. The van der Waals surface area contributed by atoms with E-state index in [-0.39, 0.29) is 6.04 Å². The first kappa shape index (κ1) is 14.2. The van der Waals surface area contributed by atoms with Crippen LogP contribution in [0.4, 0.5) is 0 Å². The summed E-state index contributed by atoms with van der Waals surface area (Å²) >= 11 is 8.33. The van der Waals surface area contributed by atoms with Gasteiger partial charge in [0.25, 0.3) is 0 Å². The zero-order valence-corrected chi connectivity index (χ0v) is 12.6. The average Bonchev–Trinajstić information content (AvgIpc) is 2.34. The van der Waals surface area contributed by atoms with Gasteiger partial charge in [0.15, 0.2) is 0 Å². The lowest BCUT2D eigenvalue weighted by atomic mass is 9.91. The molecule has 2 N–H and O–H groups in total. The van der Waals surface area contributed by atoms with Gasteiger partial charge in [-0.25, -0.2) is 0 Å². The summed E-state index contributed by atoms with van der Waals surface area (Å²) in [6, 6.07) is 6.51. The zero-order chi connectivity index (χ0) is 13.0. The first-order chi connectivity index (χ1) is 8.65. The lowest BCUT2D eigenvalue weighted by molar-refractivity contribution is 0.406. The Balaban J connectivity index is 1.87. The molecule has 0 radical (unpaired) electrons. The summed E-state index contributed by atoms with van der Waals surface area (Å²) in [6.07, 6.45) is 4.72. The van der Waals surface area contributed by atoms with E-state index >= 15 is 0 Å². The van der Waals surface area contributed by atoms with Crippen LogP contribution in [0.1, 0.15) is 30.4 Å². The van der Waals surface area contributed by atoms with Crippen LogP contribution in [0.15, 0.2) is 18.2 Å². The van der Waals surface area contributed by atoms with E-state index in [2.05, 4.69) is 30.8 Å². The monoisotopic (exact) mass is 283 g/mol. The molecule has 1 aliphatic heterocycles. The van der Waals surface area contributed by atoms with E-state index < -0.39 is 0 Å². The molecule has 1 nitrogen and oxygen atoms in total. The molecule has 100 valence electrons. The second-order valence-electron chi connectivity index (χ2n) is 5.35. The molecule has 0 aromatic heterocycles. The van der Waals surface area contributed by atoms with Crippen LogP contribution >= 0.6 is 23.4 Å². The minimum Gasteiger partial charge on any atom is -0.327 e. The topological polar surface area (TPSA) is 26.0 Å². The number of thioether (sulfide) groups is 1. The quantitative estimate of drug-likeness (QED) is 0.902. The Morgan fingerprint density at radius 3 is 2.78 bits per heavy atom. The lowest BCUT2D eigenvalue weighted by Crippen LogP contribution is -2.27. The number of hydrogen-bond donors (Lipinski definition) is 1. The molecule has 18 heavy (non-hydrogen) atoms. The van der Waals surface area contributed by atoms with Crippen molar-refractivity contribution in [2.75, 3.05) is 11.5 Å². The molecule has 0 spiro atoms. The van der Waals surface area contributed by atoms with E-state index in [1.807, 2.05) is 6.07 Å². The molecule has 0 aliphatic carbocycles. The highest BCUT2D eigenvalue weighted by atomic mass is 35.5. The molecule has 2 rings (SSSR count). The van der Waals surface area contributed by atoms with E-state index in [1.54, 1.807) is 0 Å². The lowest BCUT2D eigenvalue weighted by Gasteiger charge is -2.24. The van der Waals surface area contributed by atoms with Gasteiger partial charge in [-0.1, -0.05) is 23.7 Å². The Morgan fingerprint density at radius 1 is 1.39 bits per heavy atom. The molecule has 1 aromatic carbocycles. The van der Waals surface area contributed by atoms with E-state index in [1.165, 1.54) is 35.5 Å². The summed E-state index contributed by atoms with van der Waals surface area (Å²) in [4.78, 5) is 0. The average molecular weight is 284 g/mol. The standard InChI is InChI=1S/C15H22ClNS/c1-11-2-3-13(15(16)8-11)10-14(17)9-12-4-6-18-7-5-12/h2-3,8,12,14H,4-7,9-10,17H2,1H3. The van der Waals surface area contributed by atoms with Crippen LogP contribution in [0, 0.1) is 12.8 Å². The maximum Gasteiger partial charge on any atom is 0.0441 e. The molecule has 0 bridgehead atoms. The van der Waals surface area contributed by atoms with Gasteiger partial charge in [-0.05, 0) is 67.2 Å². The third-order valence-corrected chi connectivity index (χ3v) is 5.07. The summed E-state index contributed by atoms with van der Waals surface area (Å²) < 4.78 is 0. The summed E-state index contributed by atoms with van der Waals surface area (Å²) in [5.41, 5.74) is 8.68. The Bertz CT molecular complexity index is 388. The van der Waals surface area contributed by atoms with E-state index in [4.69, 9.17) is 17.3 Å². The number of nitrogens with two attached hydrogens (primary N) is 1. The summed E-state index contributed by atoms with van der Waals surface area (Å²) in [6.45, 7) is 2.06. The van der Waals surface area contributed by atoms with Crippen molar-refractivity contribution in [1.29, 1.82) is 0 Å². The fourth-order valence-corrected chi connectivity index (χ4v) is 4.11. The Hall–Kier alpha value is -0.180. The van der Waals surface area contributed by atoms with Gasteiger partial charge in [0.05, 0.1) is 0 Å². The first-order valence-corrected chi connectivity index (χ1v) is 8.27. The molecule has 3 heteroatoms. The van der Waals surface area contributed by atoms with Crippen molar-refractivity contribution in [1.82, 2.24) is 0 Å². The predicted molar refractivity (Wildman–Crippen MR) is 82.5 cm³/mol. The first-order valence-electron chi connectivity index (χ1n) is 6.73. The zero-order valence-electron chi connectivity index (χ0n) is 11.0. The van der Waals surface area contributed by atoms with Crippen molar-refractivity contribution >= 4 is 23.4 Å². The van der Waals surface area contributed by atoms with Gasteiger partial charge < -0.3 is 5.73 Å². The maximum atomic E-state index is 6.28. The van der Waals surface area contributed by atoms with Gasteiger partial charge in [-0.3, -0.25) is 0 Å². The van der Waals surface area contributed by atoms with Gasteiger partial charge in [-0.15, -0.1) is 0 Å². The highest BCUT2D eigenvalue weighted by Gasteiger charge is 2.17. The predicted octanol–water partition coefficient (Wildman–Crippen LogP) is 4.05. The molecule has 1 heterocycles. The molecule has 1 fully saturated rings. The van der Waals surface area contributed by atoms with Crippen molar-refractivity contribution in [3.05, 3.63) is 34.3 Å². The smallest absolute Gasteiger partial charge is 0.0441 e. The van der Waals surface area contributed by atoms with Gasteiger partial charge >= 0.3 is 0 Å². The van der Waals surface area contributed by atoms with Crippen LogP contribution < -0.4 is 5.73 Å². The van der Waals surface area contributed by atoms with E-state index in [9.17, 15) is 0 Å². The van der Waals surface area contributed by atoms with Crippen molar-refractivity contribution in [2.45, 2.75) is 38.6 Å². The molecule has 1 aromatic rings. The fraction of sp³-hybridized carbons (Fsp3) is 0.600. The van der Waals surface area contributed by atoms with Crippen LogP contribution in [0.25, 0.3) is 0 Å². The molecular weight excluding hydrogens is 262 g/mol. The molecule has 1 aliphatic rings. The number of rotatable bonds is 4. The minimum atomic E-state index is 0.248. The van der Waals surface area contributed by atoms with Crippen LogP contribution in [-0.4, -0.2) is 17.5 Å². The Kier molecular flexibility index (Phi) is 5.40.